The van der Waals surface area contributed by atoms with Crippen molar-refractivity contribution in [2.24, 2.45) is 11.7 Å². The van der Waals surface area contributed by atoms with Crippen molar-refractivity contribution in [3.63, 3.8) is 0 Å². The van der Waals surface area contributed by atoms with Crippen molar-refractivity contribution in [2.45, 2.75) is 38.8 Å². The van der Waals surface area contributed by atoms with Crippen LogP contribution in [0.25, 0.3) is 0 Å². The quantitative estimate of drug-likeness (QED) is 0.787. The molecule has 2 N–H and O–H groups in total. The Bertz CT molecular complexity index is 676. The van der Waals surface area contributed by atoms with Crippen molar-refractivity contribution in [1.82, 2.24) is 9.21 Å². The summed E-state index contributed by atoms with van der Waals surface area (Å²) in [6, 6.07) is 9.26. The Kier molecular flexibility index (Phi) is 8.53. The number of piperidine rings is 1. The number of benzene rings is 1. The van der Waals surface area contributed by atoms with Crippen molar-refractivity contribution in [3.05, 3.63) is 35.9 Å². The van der Waals surface area contributed by atoms with Crippen LogP contribution >= 0.6 is 12.4 Å². The van der Waals surface area contributed by atoms with Crippen LogP contribution < -0.4 is 5.73 Å². The lowest BCUT2D eigenvalue weighted by Crippen LogP contribution is -2.49. The van der Waals surface area contributed by atoms with Crippen molar-refractivity contribution in [1.29, 1.82) is 0 Å². The molecule has 1 saturated heterocycles. The molecule has 2 atom stereocenters. The number of carbonyl (C=O) groups excluding carboxylic acids is 1. The van der Waals surface area contributed by atoms with Crippen molar-refractivity contribution < 1.29 is 13.2 Å². The Morgan fingerprint density at radius 3 is 2.31 bits per heavy atom. The zero-order chi connectivity index (χ0) is 18.6. The highest BCUT2D eigenvalue weighted by Crippen LogP contribution is 2.24. The normalized spacial score (nSPS) is 18.3. The molecule has 0 aromatic heterocycles. The number of hydrogen-bond donors (Lipinski definition) is 1. The molecule has 6 nitrogen and oxygen atoms in total. The monoisotopic (exact) mass is 403 g/mol. The molecule has 2 unspecified atom stereocenters. The minimum absolute atomic E-state index is 0. The van der Waals surface area contributed by atoms with Crippen LogP contribution in [0.5, 0.6) is 0 Å². The Balaban J connectivity index is 0.00000338. The predicted octanol–water partition coefficient (Wildman–Crippen LogP) is 2.02. The molecule has 1 heterocycles. The van der Waals surface area contributed by atoms with Gasteiger partial charge in [0, 0.05) is 32.2 Å². The second-order valence-corrected chi connectivity index (χ2v) is 9.02. The maximum Gasteiger partial charge on any atom is 0.227 e. The molecule has 148 valence electrons. The number of amides is 1. The average Bonchev–Trinajstić information content (AvgIpc) is 2.66. The summed E-state index contributed by atoms with van der Waals surface area (Å²) in [5, 5.41) is 0. The van der Waals surface area contributed by atoms with Gasteiger partial charge in [0.15, 0.2) is 0 Å². The number of halogens is 1. The molecule has 1 fully saturated rings. The van der Waals surface area contributed by atoms with E-state index in [2.05, 4.69) is 0 Å². The van der Waals surface area contributed by atoms with E-state index in [1.165, 1.54) is 4.31 Å². The molecule has 1 amide bonds. The van der Waals surface area contributed by atoms with Crippen LogP contribution in [0.15, 0.2) is 30.3 Å². The van der Waals surface area contributed by atoms with E-state index in [-0.39, 0.29) is 42.1 Å². The van der Waals surface area contributed by atoms with Crippen LogP contribution in [-0.4, -0.2) is 55.5 Å². The van der Waals surface area contributed by atoms with Gasteiger partial charge in [-0.05, 0) is 25.3 Å². The van der Waals surface area contributed by atoms with Crippen molar-refractivity contribution >= 4 is 28.3 Å². The number of carbonyl (C=O) groups is 1. The van der Waals surface area contributed by atoms with Gasteiger partial charge in [-0.2, -0.15) is 0 Å². The van der Waals surface area contributed by atoms with Crippen molar-refractivity contribution in [2.75, 3.05) is 25.9 Å². The third-order valence-electron chi connectivity index (χ3n) is 5.21. The lowest BCUT2D eigenvalue weighted by atomic mass is 9.93. The highest BCUT2D eigenvalue weighted by Gasteiger charge is 2.33. The van der Waals surface area contributed by atoms with Crippen LogP contribution in [0.4, 0.5) is 0 Å². The molecule has 26 heavy (non-hydrogen) atoms. The van der Waals surface area contributed by atoms with Gasteiger partial charge in [-0.1, -0.05) is 37.3 Å². The second-order valence-electron chi connectivity index (χ2n) is 6.70. The van der Waals surface area contributed by atoms with E-state index in [0.29, 0.717) is 25.9 Å². The zero-order valence-electron chi connectivity index (χ0n) is 15.7. The van der Waals surface area contributed by atoms with Gasteiger partial charge in [0.2, 0.25) is 15.9 Å². The number of likely N-dealkylation sites (tertiary alicyclic amines) is 1. The van der Waals surface area contributed by atoms with Gasteiger partial charge in [0.1, 0.15) is 0 Å². The molecule has 1 aromatic carbocycles. The average molecular weight is 404 g/mol. The van der Waals surface area contributed by atoms with Gasteiger partial charge < -0.3 is 10.6 Å². The molecule has 0 saturated carbocycles. The van der Waals surface area contributed by atoms with Crippen LogP contribution in [0.2, 0.25) is 0 Å². The van der Waals surface area contributed by atoms with Crippen LogP contribution in [-0.2, 0) is 14.8 Å². The Morgan fingerprint density at radius 2 is 1.81 bits per heavy atom. The first-order chi connectivity index (χ1) is 11.8. The fourth-order valence-electron chi connectivity index (χ4n) is 3.29. The fraction of sp³-hybridized carbons (Fsp3) is 0.611. The van der Waals surface area contributed by atoms with E-state index in [9.17, 15) is 13.2 Å². The smallest absolute Gasteiger partial charge is 0.227 e. The maximum absolute atomic E-state index is 12.8. The molecule has 8 heteroatoms. The van der Waals surface area contributed by atoms with E-state index in [4.69, 9.17) is 5.73 Å². The van der Waals surface area contributed by atoms with Crippen molar-refractivity contribution in [3.8, 4) is 0 Å². The van der Waals surface area contributed by atoms with E-state index in [0.717, 1.165) is 5.56 Å². The molecule has 0 aliphatic carbocycles. The summed E-state index contributed by atoms with van der Waals surface area (Å²) in [7, 11) is -1.56. The number of nitrogens with zero attached hydrogens (tertiary/aromatic N) is 2. The van der Waals surface area contributed by atoms with Gasteiger partial charge in [-0.25, -0.2) is 12.7 Å². The molecule has 0 radical (unpaired) electrons. The highest BCUT2D eigenvalue weighted by molar-refractivity contribution is 7.89. The molecule has 0 bridgehead atoms. The molecule has 2 rings (SSSR count). The molecular formula is C18H30ClN3O3S. The lowest BCUT2D eigenvalue weighted by Gasteiger charge is -2.37. The predicted molar refractivity (Wildman–Crippen MR) is 107 cm³/mol. The minimum atomic E-state index is -3.19. The van der Waals surface area contributed by atoms with Gasteiger partial charge in [-0.15, -0.1) is 12.4 Å². The largest absolute Gasteiger partial charge is 0.342 e. The number of hydrogen-bond acceptors (Lipinski definition) is 4. The summed E-state index contributed by atoms with van der Waals surface area (Å²) in [6.45, 7) is 4.65. The molecule has 1 aliphatic rings. The Labute approximate surface area is 163 Å². The van der Waals surface area contributed by atoms with Gasteiger partial charge >= 0.3 is 0 Å². The van der Waals surface area contributed by atoms with Gasteiger partial charge in [0.05, 0.1) is 11.7 Å². The standard InChI is InChI=1S/C18H29N3O3S.ClH/c1-4-25(23,24)20(3)16-10-12-21(13-11-16)18(22)14(2)17(19)15-8-6-5-7-9-15;/h5-9,14,16-17H,4,10-13,19H2,1-3H3;1H. The van der Waals surface area contributed by atoms with Gasteiger partial charge in [-0.3, -0.25) is 4.79 Å². The summed E-state index contributed by atoms with van der Waals surface area (Å²) < 4.78 is 25.5. The first-order valence-corrected chi connectivity index (χ1v) is 10.4. The SMILES string of the molecule is CCS(=O)(=O)N(C)C1CCN(C(=O)C(C)C(N)c2ccccc2)CC1.Cl. The maximum atomic E-state index is 12.8. The van der Waals surface area contributed by atoms with E-state index in [1.807, 2.05) is 42.2 Å². The van der Waals surface area contributed by atoms with E-state index in [1.54, 1.807) is 14.0 Å². The third kappa shape index (κ3) is 5.19. The first-order valence-electron chi connectivity index (χ1n) is 8.83. The Hall–Kier alpha value is -1.15. The second kappa shape index (κ2) is 9.69. The van der Waals surface area contributed by atoms with Crippen LogP contribution in [0.1, 0.15) is 38.3 Å². The highest BCUT2D eigenvalue weighted by atomic mass is 35.5. The zero-order valence-corrected chi connectivity index (χ0v) is 17.3. The van der Waals surface area contributed by atoms with Gasteiger partial charge in [0.25, 0.3) is 0 Å². The number of sulfonamides is 1. The molecule has 1 aliphatic heterocycles. The number of nitrogens with two attached hydrogens (primary N) is 1. The first kappa shape index (κ1) is 22.9. The lowest BCUT2D eigenvalue weighted by molar-refractivity contribution is -0.137. The summed E-state index contributed by atoms with van der Waals surface area (Å²) in [5.41, 5.74) is 7.21. The summed E-state index contributed by atoms with van der Waals surface area (Å²) in [4.78, 5) is 14.6. The topological polar surface area (TPSA) is 83.7 Å². The van der Waals surface area contributed by atoms with E-state index >= 15 is 0 Å². The van der Waals surface area contributed by atoms with Crippen LogP contribution in [0, 0.1) is 5.92 Å². The molecule has 0 spiro atoms. The van der Waals surface area contributed by atoms with Crippen LogP contribution in [0.3, 0.4) is 0 Å². The fourth-order valence-corrected chi connectivity index (χ4v) is 4.36. The summed E-state index contributed by atoms with van der Waals surface area (Å²) in [6.07, 6.45) is 1.32. The molecule has 1 aromatic rings. The molecular weight excluding hydrogens is 374 g/mol. The Morgan fingerprint density at radius 1 is 1.27 bits per heavy atom. The minimum Gasteiger partial charge on any atom is -0.342 e. The summed E-state index contributed by atoms with van der Waals surface area (Å²) in [5.74, 6) is -0.169. The summed E-state index contributed by atoms with van der Waals surface area (Å²) >= 11 is 0. The third-order valence-corrected chi connectivity index (χ3v) is 7.11. The van der Waals surface area contributed by atoms with E-state index < -0.39 is 10.0 Å². The number of rotatable bonds is 6.